The van der Waals surface area contributed by atoms with Crippen LogP contribution in [0.1, 0.15) is 11.1 Å². The van der Waals surface area contributed by atoms with Crippen LogP contribution in [-0.4, -0.2) is 16.1 Å². The molecule has 9 heteroatoms. The van der Waals surface area contributed by atoms with Crippen molar-refractivity contribution in [3.8, 4) is 0 Å². The second-order valence-electron chi connectivity index (χ2n) is 4.72. The molecule has 23 heavy (non-hydrogen) atoms. The van der Waals surface area contributed by atoms with Crippen LogP contribution in [0.5, 0.6) is 0 Å². The van der Waals surface area contributed by atoms with Gasteiger partial charge in [-0.25, -0.2) is 0 Å². The fraction of sp³-hybridized carbons (Fsp3) is 0.143. The van der Waals surface area contributed by atoms with Crippen LogP contribution in [-0.2, 0) is 12.4 Å². The second kappa shape index (κ2) is 6.37. The fourth-order valence-electron chi connectivity index (χ4n) is 1.90. The van der Waals surface area contributed by atoms with Gasteiger partial charge in [-0.1, -0.05) is 0 Å². The minimum atomic E-state index is -4.48. The Labute approximate surface area is 139 Å². The molecule has 0 aliphatic heterocycles. The average molecular weight is 480 g/mol. The summed E-state index contributed by atoms with van der Waals surface area (Å²) >= 11 is -4.25. The Kier molecular flexibility index (Phi) is 5.19. The van der Waals surface area contributed by atoms with Crippen LogP contribution in [0, 0.1) is 0 Å². The molecule has 2 rings (SSSR count). The Hall–Kier alpha value is -0.601. The number of alkyl halides is 6. The van der Waals surface area contributed by atoms with Gasteiger partial charge < -0.3 is 0 Å². The van der Waals surface area contributed by atoms with Crippen LogP contribution < -0.4 is 7.16 Å². The number of hydrogen-bond donors (Lipinski definition) is 0. The third-order valence-electron chi connectivity index (χ3n) is 3.15. The average Bonchev–Trinajstić information content (AvgIpc) is 2.46. The zero-order valence-corrected chi connectivity index (χ0v) is 15.5. The van der Waals surface area contributed by atoms with Crippen molar-refractivity contribution < 1.29 is 26.3 Å². The molecule has 0 heterocycles. The van der Waals surface area contributed by atoms with Crippen LogP contribution in [0.3, 0.4) is 0 Å². The zero-order valence-electron chi connectivity index (χ0n) is 11.1. The molecule has 0 aliphatic carbocycles. The Morgan fingerprint density at radius 3 is 1.04 bits per heavy atom. The van der Waals surface area contributed by atoms with E-state index in [0.29, 0.717) is 7.16 Å². The van der Waals surface area contributed by atoms with Crippen molar-refractivity contribution >= 4 is 41.1 Å². The first-order valence-electron chi connectivity index (χ1n) is 6.15. The topological polar surface area (TPSA) is 0 Å². The molecule has 124 valence electrons. The van der Waals surface area contributed by atoms with Crippen LogP contribution in [0.25, 0.3) is 0 Å². The van der Waals surface area contributed by atoms with Gasteiger partial charge in [0.05, 0.1) is 0 Å². The van der Waals surface area contributed by atoms with Crippen molar-refractivity contribution in [2.45, 2.75) is 12.4 Å². The third kappa shape index (κ3) is 4.28. The molecule has 0 unspecified atom stereocenters. The molecular formula is C14H8Cl2F6Sn. The first kappa shape index (κ1) is 18.7. The summed E-state index contributed by atoms with van der Waals surface area (Å²) in [4.78, 5) is 0. The van der Waals surface area contributed by atoms with Gasteiger partial charge in [0.2, 0.25) is 0 Å². The third-order valence-corrected chi connectivity index (χ3v) is 15.0. The summed E-state index contributed by atoms with van der Waals surface area (Å²) in [6.07, 6.45) is -8.96. The molecule has 0 saturated heterocycles. The number of hydrogen-bond acceptors (Lipinski definition) is 0. The van der Waals surface area contributed by atoms with E-state index in [-0.39, 0.29) is 0 Å². The van der Waals surface area contributed by atoms with Gasteiger partial charge in [0, 0.05) is 0 Å². The van der Waals surface area contributed by atoms with Crippen molar-refractivity contribution in [3.05, 3.63) is 59.7 Å². The first-order chi connectivity index (χ1) is 10.4. The Bertz CT molecular complexity index is 615. The minimum absolute atomic E-state index is 0.329. The summed E-state index contributed by atoms with van der Waals surface area (Å²) in [5.74, 6) is 0. The van der Waals surface area contributed by atoms with Crippen LogP contribution in [0.4, 0.5) is 26.3 Å². The molecule has 0 N–H and O–H groups in total. The zero-order chi connectivity index (χ0) is 17.5. The summed E-state index contributed by atoms with van der Waals surface area (Å²) < 4.78 is 75.9. The van der Waals surface area contributed by atoms with Gasteiger partial charge >= 0.3 is 139 Å². The maximum atomic E-state index is 12.5. The number of halogens is 8. The maximum absolute atomic E-state index is 12.5. The van der Waals surface area contributed by atoms with Gasteiger partial charge in [0.1, 0.15) is 0 Å². The van der Waals surface area contributed by atoms with Crippen LogP contribution >= 0.6 is 17.8 Å². The van der Waals surface area contributed by atoms with Crippen molar-refractivity contribution in [1.82, 2.24) is 0 Å². The van der Waals surface area contributed by atoms with E-state index in [1.807, 2.05) is 0 Å². The van der Waals surface area contributed by atoms with E-state index in [1.54, 1.807) is 0 Å². The van der Waals surface area contributed by atoms with Gasteiger partial charge in [-0.05, 0) is 0 Å². The molecule has 0 aliphatic rings. The molecule has 0 saturated carbocycles. The summed E-state index contributed by atoms with van der Waals surface area (Å²) in [6, 6.07) is 8.14. The monoisotopic (exact) mass is 480 g/mol. The summed E-state index contributed by atoms with van der Waals surface area (Å²) in [6.45, 7) is 0. The van der Waals surface area contributed by atoms with E-state index in [1.165, 1.54) is 24.3 Å². The van der Waals surface area contributed by atoms with E-state index in [9.17, 15) is 26.3 Å². The van der Waals surface area contributed by atoms with E-state index in [0.717, 1.165) is 24.3 Å². The molecular weight excluding hydrogens is 472 g/mol. The van der Waals surface area contributed by atoms with Gasteiger partial charge in [-0.15, -0.1) is 0 Å². The molecule has 0 bridgehead atoms. The normalized spacial score (nSPS) is 13.2. The standard InChI is InChI=1S/2C7H4F3.2ClH.Sn/c2*8-7(9,10)6-4-2-1-3-5-6;;;/h2*2-5H;2*1H;/q;;;;+2/p-2. The van der Waals surface area contributed by atoms with Crippen molar-refractivity contribution in [1.29, 1.82) is 0 Å². The quantitative estimate of drug-likeness (QED) is 0.430. The predicted octanol–water partition coefficient (Wildman–Crippen LogP) is 4.76. The Morgan fingerprint density at radius 2 is 0.826 bits per heavy atom. The molecule has 0 radical (unpaired) electrons. The number of rotatable bonds is 2. The van der Waals surface area contributed by atoms with Crippen LogP contribution in [0.15, 0.2) is 48.5 Å². The predicted molar refractivity (Wildman–Crippen MR) is 79.6 cm³/mol. The molecule has 0 atom stereocenters. The van der Waals surface area contributed by atoms with Gasteiger partial charge in [0.15, 0.2) is 0 Å². The van der Waals surface area contributed by atoms with E-state index in [2.05, 4.69) is 0 Å². The molecule has 2 aromatic carbocycles. The molecule has 0 spiro atoms. The van der Waals surface area contributed by atoms with Crippen molar-refractivity contribution in [2.75, 3.05) is 0 Å². The molecule has 0 nitrogen and oxygen atoms in total. The molecule has 0 amide bonds. The SMILES string of the molecule is FC(F)(F)c1cc[c]([Sn]([Cl])([Cl])[c]2ccc(C(F)(F)F)cc2)cc1. The second-order valence-corrected chi connectivity index (χ2v) is 20.2. The van der Waals surface area contributed by atoms with Crippen molar-refractivity contribution in [2.24, 2.45) is 0 Å². The molecule has 0 fully saturated rings. The first-order valence-corrected chi connectivity index (χ1v) is 16.2. The van der Waals surface area contributed by atoms with E-state index in [4.69, 9.17) is 17.8 Å². The van der Waals surface area contributed by atoms with Gasteiger partial charge in [-0.2, -0.15) is 0 Å². The summed E-state index contributed by atoms with van der Waals surface area (Å²) in [5, 5.41) is 0. The van der Waals surface area contributed by atoms with E-state index < -0.39 is 39.6 Å². The molecule has 2 aromatic rings. The fourth-order valence-corrected chi connectivity index (χ4v) is 9.58. The number of benzene rings is 2. The van der Waals surface area contributed by atoms with Crippen molar-refractivity contribution in [3.63, 3.8) is 0 Å². The molecule has 0 aromatic heterocycles. The van der Waals surface area contributed by atoms with Crippen LogP contribution in [0.2, 0.25) is 0 Å². The Balaban J connectivity index is 2.34. The van der Waals surface area contributed by atoms with Gasteiger partial charge in [-0.3, -0.25) is 0 Å². The summed E-state index contributed by atoms with van der Waals surface area (Å²) in [7, 11) is 12.7. The summed E-state index contributed by atoms with van der Waals surface area (Å²) in [5.41, 5.74) is -1.69. The Morgan fingerprint density at radius 1 is 0.565 bits per heavy atom. The van der Waals surface area contributed by atoms with E-state index >= 15 is 0 Å². The van der Waals surface area contributed by atoms with Gasteiger partial charge in [0.25, 0.3) is 0 Å².